The van der Waals surface area contributed by atoms with E-state index in [1.54, 1.807) is 36.4 Å². The van der Waals surface area contributed by atoms with E-state index in [2.05, 4.69) is 5.32 Å². The number of halogens is 1. The van der Waals surface area contributed by atoms with Crippen LogP contribution in [0.2, 0.25) is 5.02 Å². The van der Waals surface area contributed by atoms with E-state index in [9.17, 15) is 18.0 Å². The van der Waals surface area contributed by atoms with Crippen molar-refractivity contribution in [2.75, 3.05) is 17.4 Å². The minimum absolute atomic E-state index is 0.0493. The van der Waals surface area contributed by atoms with Crippen molar-refractivity contribution in [3.05, 3.63) is 95.5 Å². The molecule has 38 heavy (non-hydrogen) atoms. The van der Waals surface area contributed by atoms with Crippen LogP contribution in [0.25, 0.3) is 0 Å². The van der Waals surface area contributed by atoms with Gasteiger partial charge in [0.1, 0.15) is 12.6 Å². The summed E-state index contributed by atoms with van der Waals surface area (Å²) >= 11 is 6.19. The van der Waals surface area contributed by atoms with E-state index in [0.717, 1.165) is 9.87 Å². The number of hydrogen-bond donors (Lipinski definition) is 1. The highest BCUT2D eigenvalue weighted by molar-refractivity contribution is 7.92. The maximum atomic E-state index is 13.9. The Hall–Kier alpha value is -3.36. The van der Waals surface area contributed by atoms with Crippen molar-refractivity contribution >= 4 is 39.1 Å². The Morgan fingerprint density at radius 3 is 2.13 bits per heavy atom. The normalized spacial score (nSPS) is 12.1. The Balaban J connectivity index is 2.00. The number of rotatable bonds is 12. The van der Waals surface area contributed by atoms with E-state index in [1.807, 2.05) is 51.1 Å². The average Bonchev–Trinajstić information content (AvgIpc) is 2.90. The first-order valence-corrected chi connectivity index (χ1v) is 14.4. The molecule has 0 saturated heterocycles. The van der Waals surface area contributed by atoms with Gasteiger partial charge < -0.3 is 10.2 Å². The summed E-state index contributed by atoms with van der Waals surface area (Å²) in [5.41, 5.74) is 1.27. The fourth-order valence-electron chi connectivity index (χ4n) is 4.16. The van der Waals surface area contributed by atoms with Gasteiger partial charge in [-0.1, -0.05) is 73.1 Å². The molecule has 3 rings (SSSR count). The molecular weight excluding hydrogens is 522 g/mol. The lowest BCUT2D eigenvalue weighted by molar-refractivity contribution is -0.139. The largest absolute Gasteiger partial charge is 0.352 e. The number of carbonyl (C=O) groups excluding carboxylic acids is 2. The molecule has 0 aromatic heterocycles. The summed E-state index contributed by atoms with van der Waals surface area (Å²) in [4.78, 5) is 28.6. The van der Waals surface area contributed by atoms with Gasteiger partial charge in [0.15, 0.2) is 0 Å². The lowest BCUT2D eigenvalue weighted by Crippen LogP contribution is -2.54. The van der Waals surface area contributed by atoms with Crippen molar-refractivity contribution in [1.29, 1.82) is 0 Å². The Morgan fingerprint density at radius 1 is 0.921 bits per heavy atom. The average molecular weight is 556 g/mol. The van der Waals surface area contributed by atoms with E-state index in [1.165, 1.54) is 23.1 Å². The van der Waals surface area contributed by atoms with E-state index < -0.39 is 28.5 Å². The molecule has 0 spiro atoms. The molecule has 2 amide bonds. The minimum Gasteiger partial charge on any atom is -0.352 e. The van der Waals surface area contributed by atoms with Crippen LogP contribution in [0.15, 0.2) is 89.8 Å². The van der Waals surface area contributed by atoms with Gasteiger partial charge in [0, 0.05) is 17.6 Å². The predicted molar refractivity (Wildman–Crippen MR) is 152 cm³/mol. The third kappa shape index (κ3) is 7.58. The molecular formula is C29H34ClN3O4S. The van der Waals surface area contributed by atoms with Gasteiger partial charge >= 0.3 is 0 Å². The van der Waals surface area contributed by atoms with E-state index in [0.29, 0.717) is 17.9 Å². The topological polar surface area (TPSA) is 86.8 Å². The summed E-state index contributed by atoms with van der Waals surface area (Å²) in [5, 5.41) is 3.23. The van der Waals surface area contributed by atoms with Crippen LogP contribution in [0.4, 0.5) is 5.69 Å². The number of nitrogens with one attached hydrogen (secondary N) is 1. The number of hydrogen-bond acceptors (Lipinski definition) is 4. The van der Waals surface area contributed by atoms with Gasteiger partial charge in [0.2, 0.25) is 11.8 Å². The molecule has 0 saturated carbocycles. The first kappa shape index (κ1) is 29.2. The predicted octanol–water partition coefficient (Wildman–Crippen LogP) is 4.91. The molecule has 0 aliphatic heterocycles. The smallest absolute Gasteiger partial charge is 0.264 e. The maximum Gasteiger partial charge on any atom is 0.264 e. The van der Waals surface area contributed by atoms with E-state index >= 15 is 0 Å². The van der Waals surface area contributed by atoms with Crippen molar-refractivity contribution in [3.63, 3.8) is 0 Å². The Morgan fingerprint density at radius 2 is 1.55 bits per heavy atom. The Kier molecular flexibility index (Phi) is 10.3. The molecule has 7 nitrogen and oxygen atoms in total. The van der Waals surface area contributed by atoms with Gasteiger partial charge in [-0.3, -0.25) is 13.9 Å². The van der Waals surface area contributed by atoms with Crippen LogP contribution in [0, 0.1) is 0 Å². The second kappa shape index (κ2) is 13.4. The van der Waals surface area contributed by atoms with Crippen LogP contribution in [0.5, 0.6) is 0 Å². The first-order chi connectivity index (χ1) is 18.1. The zero-order chi connectivity index (χ0) is 27.7. The summed E-state index contributed by atoms with van der Waals surface area (Å²) in [6, 6.07) is 23.1. The highest BCUT2D eigenvalue weighted by Crippen LogP contribution is 2.26. The number of benzene rings is 3. The van der Waals surface area contributed by atoms with Crippen molar-refractivity contribution in [3.8, 4) is 0 Å². The lowest BCUT2D eigenvalue weighted by atomic mass is 10.1. The molecule has 1 N–H and O–H groups in total. The van der Waals surface area contributed by atoms with Crippen LogP contribution >= 0.6 is 11.6 Å². The van der Waals surface area contributed by atoms with Gasteiger partial charge in [0.25, 0.3) is 10.0 Å². The number of nitrogens with zero attached hydrogens (tertiary/aromatic N) is 2. The molecule has 0 heterocycles. The highest BCUT2D eigenvalue weighted by Gasteiger charge is 2.33. The molecule has 0 aliphatic carbocycles. The summed E-state index contributed by atoms with van der Waals surface area (Å²) in [5.74, 6) is -0.754. The van der Waals surface area contributed by atoms with Gasteiger partial charge in [-0.2, -0.15) is 0 Å². The third-order valence-corrected chi connectivity index (χ3v) is 8.03. The van der Waals surface area contributed by atoms with Crippen molar-refractivity contribution in [2.24, 2.45) is 0 Å². The minimum atomic E-state index is -4.11. The van der Waals surface area contributed by atoms with Gasteiger partial charge in [0.05, 0.1) is 10.6 Å². The number of anilines is 1. The molecule has 9 heteroatoms. The molecule has 3 aromatic carbocycles. The fourth-order valence-corrected chi connectivity index (χ4v) is 5.77. The molecule has 1 atom stereocenters. The van der Waals surface area contributed by atoms with Crippen molar-refractivity contribution < 1.29 is 18.0 Å². The molecule has 0 bridgehead atoms. The summed E-state index contributed by atoms with van der Waals surface area (Å²) < 4.78 is 28.5. The highest BCUT2D eigenvalue weighted by atomic mass is 35.5. The zero-order valence-corrected chi connectivity index (χ0v) is 23.5. The van der Waals surface area contributed by atoms with Crippen molar-refractivity contribution in [2.45, 2.75) is 50.6 Å². The van der Waals surface area contributed by atoms with Crippen LogP contribution in [-0.4, -0.2) is 50.3 Å². The summed E-state index contributed by atoms with van der Waals surface area (Å²) in [7, 11) is -4.11. The molecule has 202 valence electrons. The van der Waals surface area contributed by atoms with Crippen LogP contribution in [0.1, 0.15) is 32.8 Å². The summed E-state index contributed by atoms with van der Waals surface area (Å²) in [6.45, 7) is 5.31. The maximum absolute atomic E-state index is 13.9. The number of carbonyl (C=O) groups is 2. The first-order valence-electron chi connectivity index (χ1n) is 12.6. The van der Waals surface area contributed by atoms with E-state index in [-0.39, 0.29) is 29.1 Å². The number of sulfonamides is 1. The van der Waals surface area contributed by atoms with Gasteiger partial charge in [-0.05, 0) is 62.6 Å². The SMILES string of the molecule is CC[C@@H](C(=O)NC(C)C)N(CCc1ccccc1)C(=O)CN(c1cccc(Cl)c1)S(=O)(=O)c1ccccc1. The third-order valence-electron chi connectivity index (χ3n) is 6.01. The Bertz CT molecular complexity index is 1320. The second-order valence-electron chi connectivity index (χ2n) is 9.21. The second-order valence-corrected chi connectivity index (χ2v) is 11.5. The van der Waals surface area contributed by atoms with E-state index in [4.69, 9.17) is 11.6 Å². The lowest BCUT2D eigenvalue weighted by Gasteiger charge is -2.33. The zero-order valence-electron chi connectivity index (χ0n) is 21.9. The van der Waals surface area contributed by atoms with Gasteiger partial charge in [-0.25, -0.2) is 8.42 Å². The van der Waals surface area contributed by atoms with Crippen molar-refractivity contribution in [1.82, 2.24) is 10.2 Å². The standard InChI is InChI=1S/C29H34ClN3O4S/c1-4-27(29(35)31-22(2)3)32(19-18-23-12-7-5-8-13-23)28(34)21-33(25-15-11-14-24(30)20-25)38(36,37)26-16-9-6-10-17-26/h5-17,20,22,27H,4,18-19,21H2,1-3H3,(H,31,35)/t27-/m0/s1. The molecule has 0 aliphatic rings. The molecule has 0 fully saturated rings. The Labute approximate surface area is 230 Å². The monoisotopic (exact) mass is 555 g/mol. The fraction of sp³-hybridized carbons (Fsp3) is 0.310. The molecule has 3 aromatic rings. The quantitative estimate of drug-likeness (QED) is 0.344. The van der Waals surface area contributed by atoms with Crippen LogP contribution in [0.3, 0.4) is 0 Å². The molecule has 0 unspecified atom stereocenters. The van der Waals surface area contributed by atoms with Crippen LogP contribution in [-0.2, 0) is 26.0 Å². The van der Waals surface area contributed by atoms with Gasteiger partial charge in [-0.15, -0.1) is 0 Å². The summed E-state index contributed by atoms with van der Waals surface area (Å²) in [6.07, 6.45) is 0.891. The van der Waals surface area contributed by atoms with Crippen LogP contribution < -0.4 is 9.62 Å². The molecule has 0 radical (unpaired) electrons. The number of amides is 2.